The van der Waals surface area contributed by atoms with Crippen LogP contribution in [0.1, 0.15) is 24.0 Å². The molecule has 4 nitrogen and oxygen atoms in total. The van der Waals surface area contributed by atoms with Gasteiger partial charge in [0.15, 0.2) is 0 Å². The first kappa shape index (κ1) is 12.6. The molecule has 94 valence electrons. The maximum absolute atomic E-state index is 10.8. The summed E-state index contributed by atoms with van der Waals surface area (Å²) in [6.45, 7) is 1.49. The lowest BCUT2D eigenvalue weighted by Gasteiger charge is -2.20. The van der Waals surface area contributed by atoms with Crippen molar-refractivity contribution in [1.29, 1.82) is 5.26 Å². The molecule has 0 radical (unpaired) electrons. The number of nitrogens with zero attached hydrogens (tertiary/aromatic N) is 2. The minimum atomic E-state index is -0.799. The highest BCUT2D eigenvalue weighted by atomic mass is 16.4. The summed E-state index contributed by atoms with van der Waals surface area (Å²) in [4.78, 5) is 12.8. The normalized spacial score (nSPS) is 14.4. The second kappa shape index (κ2) is 5.65. The molecule has 0 aliphatic heterocycles. The van der Waals surface area contributed by atoms with Crippen LogP contribution < -0.4 is 0 Å². The fraction of sp³-hybridized carbons (Fsp3) is 0.429. The summed E-state index contributed by atoms with van der Waals surface area (Å²) in [7, 11) is 0. The average Bonchev–Trinajstić information content (AvgIpc) is 3.12. The summed E-state index contributed by atoms with van der Waals surface area (Å²) < 4.78 is 0. The van der Waals surface area contributed by atoms with Crippen LogP contribution in [0.3, 0.4) is 0 Å². The van der Waals surface area contributed by atoms with E-state index in [1.54, 1.807) is 6.07 Å². The molecule has 1 saturated carbocycles. The Morgan fingerprint density at radius 2 is 2.28 bits per heavy atom. The van der Waals surface area contributed by atoms with Crippen LogP contribution in [0.4, 0.5) is 0 Å². The van der Waals surface area contributed by atoms with Crippen molar-refractivity contribution in [3.63, 3.8) is 0 Å². The Balaban J connectivity index is 2.01. The van der Waals surface area contributed by atoms with Crippen molar-refractivity contribution < 1.29 is 9.90 Å². The van der Waals surface area contributed by atoms with Gasteiger partial charge in [-0.3, -0.25) is 9.69 Å². The minimum Gasteiger partial charge on any atom is -0.480 e. The van der Waals surface area contributed by atoms with Crippen molar-refractivity contribution in [2.24, 2.45) is 5.92 Å². The van der Waals surface area contributed by atoms with Crippen LogP contribution in [0.2, 0.25) is 0 Å². The number of hydrogen-bond acceptors (Lipinski definition) is 3. The zero-order chi connectivity index (χ0) is 13.0. The zero-order valence-corrected chi connectivity index (χ0v) is 10.2. The summed E-state index contributed by atoms with van der Waals surface area (Å²) in [5.41, 5.74) is 1.62. The van der Waals surface area contributed by atoms with Gasteiger partial charge in [-0.15, -0.1) is 0 Å². The molecule has 1 aliphatic carbocycles. The Bertz CT molecular complexity index is 475. The van der Waals surface area contributed by atoms with E-state index in [4.69, 9.17) is 10.4 Å². The van der Waals surface area contributed by atoms with Gasteiger partial charge in [0.25, 0.3) is 0 Å². The number of benzene rings is 1. The van der Waals surface area contributed by atoms with Crippen molar-refractivity contribution >= 4 is 5.97 Å². The predicted octanol–water partition coefficient (Wildman–Crippen LogP) is 1.85. The first-order valence-corrected chi connectivity index (χ1v) is 6.10. The summed E-state index contributed by atoms with van der Waals surface area (Å²) in [5, 5.41) is 17.7. The lowest BCUT2D eigenvalue weighted by atomic mass is 10.1. The summed E-state index contributed by atoms with van der Waals surface area (Å²) in [6, 6.07) is 9.45. The van der Waals surface area contributed by atoms with E-state index < -0.39 is 5.97 Å². The molecule has 1 aromatic rings. The SMILES string of the molecule is N#Cc1cccc(CN(CC(=O)O)CC2CC2)c1. The van der Waals surface area contributed by atoms with E-state index >= 15 is 0 Å². The van der Waals surface area contributed by atoms with Crippen LogP contribution in [0, 0.1) is 17.2 Å². The van der Waals surface area contributed by atoms with Crippen LogP contribution in [0.25, 0.3) is 0 Å². The second-order valence-electron chi connectivity index (χ2n) is 4.82. The Hall–Kier alpha value is -1.86. The molecule has 1 fully saturated rings. The van der Waals surface area contributed by atoms with E-state index in [1.165, 1.54) is 12.8 Å². The number of carbonyl (C=O) groups is 1. The van der Waals surface area contributed by atoms with E-state index in [0.717, 1.165) is 12.1 Å². The summed E-state index contributed by atoms with van der Waals surface area (Å²) in [5.74, 6) is -0.143. The average molecular weight is 244 g/mol. The van der Waals surface area contributed by atoms with E-state index in [0.29, 0.717) is 18.0 Å². The van der Waals surface area contributed by atoms with Gasteiger partial charge >= 0.3 is 5.97 Å². The first-order valence-electron chi connectivity index (χ1n) is 6.10. The van der Waals surface area contributed by atoms with Gasteiger partial charge in [-0.2, -0.15) is 5.26 Å². The smallest absolute Gasteiger partial charge is 0.317 e. The Morgan fingerprint density at radius 3 is 2.89 bits per heavy atom. The third-order valence-corrected chi connectivity index (χ3v) is 3.03. The minimum absolute atomic E-state index is 0.0628. The Kier molecular flexibility index (Phi) is 3.96. The molecule has 1 N–H and O–H groups in total. The molecule has 0 saturated heterocycles. The molecule has 0 atom stereocenters. The molecule has 4 heteroatoms. The number of hydrogen-bond donors (Lipinski definition) is 1. The van der Waals surface area contributed by atoms with Crippen LogP contribution in [-0.4, -0.2) is 29.1 Å². The third-order valence-electron chi connectivity index (χ3n) is 3.03. The lowest BCUT2D eigenvalue weighted by Crippen LogP contribution is -2.31. The molecule has 18 heavy (non-hydrogen) atoms. The standard InChI is InChI=1S/C14H16N2O2/c15-7-12-2-1-3-13(6-12)9-16(10-14(17)18)8-11-4-5-11/h1-3,6,11H,4-5,8-10H2,(H,17,18). The van der Waals surface area contributed by atoms with Crippen LogP contribution >= 0.6 is 0 Å². The predicted molar refractivity (Wildman–Crippen MR) is 66.8 cm³/mol. The topological polar surface area (TPSA) is 64.3 Å². The van der Waals surface area contributed by atoms with Gasteiger partial charge in [-0.05, 0) is 36.5 Å². The van der Waals surface area contributed by atoms with Gasteiger partial charge in [0, 0.05) is 13.1 Å². The molecule has 0 unspecified atom stereocenters. The highest BCUT2D eigenvalue weighted by molar-refractivity contribution is 5.69. The van der Waals surface area contributed by atoms with Gasteiger partial charge in [0.2, 0.25) is 0 Å². The van der Waals surface area contributed by atoms with Crippen molar-refractivity contribution in [1.82, 2.24) is 4.90 Å². The maximum atomic E-state index is 10.8. The maximum Gasteiger partial charge on any atom is 0.317 e. The number of rotatable bonds is 6. The van der Waals surface area contributed by atoms with Gasteiger partial charge in [0.05, 0.1) is 18.2 Å². The number of carboxylic acids is 1. The Morgan fingerprint density at radius 1 is 1.50 bits per heavy atom. The van der Waals surface area contributed by atoms with E-state index in [1.807, 2.05) is 23.1 Å². The van der Waals surface area contributed by atoms with Crippen molar-refractivity contribution in [3.8, 4) is 6.07 Å². The summed E-state index contributed by atoms with van der Waals surface area (Å²) >= 11 is 0. The fourth-order valence-electron chi connectivity index (χ4n) is 2.04. The van der Waals surface area contributed by atoms with Crippen LogP contribution in [-0.2, 0) is 11.3 Å². The fourth-order valence-corrected chi connectivity index (χ4v) is 2.04. The van der Waals surface area contributed by atoms with Crippen LogP contribution in [0.5, 0.6) is 0 Å². The largest absolute Gasteiger partial charge is 0.480 e. The highest BCUT2D eigenvalue weighted by Gasteiger charge is 2.25. The molecule has 0 spiro atoms. The molecular formula is C14H16N2O2. The first-order chi connectivity index (χ1) is 8.67. The Labute approximate surface area is 106 Å². The number of carboxylic acid groups (broad SMARTS) is 1. The molecule has 1 aromatic carbocycles. The molecule has 0 bridgehead atoms. The van der Waals surface area contributed by atoms with Gasteiger partial charge in [-0.1, -0.05) is 12.1 Å². The summed E-state index contributed by atoms with van der Waals surface area (Å²) in [6.07, 6.45) is 2.41. The van der Waals surface area contributed by atoms with Gasteiger partial charge in [-0.25, -0.2) is 0 Å². The number of aliphatic carboxylic acids is 1. The van der Waals surface area contributed by atoms with Gasteiger partial charge < -0.3 is 5.11 Å². The van der Waals surface area contributed by atoms with E-state index in [9.17, 15) is 4.79 Å². The monoisotopic (exact) mass is 244 g/mol. The molecule has 0 heterocycles. The molecule has 0 aromatic heterocycles. The lowest BCUT2D eigenvalue weighted by molar-refractivity contribution is -0.138. The van der Waals surface area contributed by atoms with Crippen molar-refractivity contribution in [2.75, 3.05) is 13.1 Å². The zero-order valence-electron chi connectivity index (χ0n) is 10.2. The van der Waals surface area contributed by atoms with Crippen LogP contribution in [0.15, 0.2) is 24.3 Å². The molecule has 2 rings (SSSR count). The quantitative estimate of drug-likeness (QED) is 0.829. The third kappa shape index (κ3) is 3.86. The molecule has 0 amide bonds. The molecular weight excluding hydrogens is 228 g/mol. The van der Waals surface area contributed by atoms with E-state index in [-0.39, 0.29) is 6.54 Å². The number of nitriles is 1. The van der Waals surface area contributed by atoms with Gasteiger partial charge in [0.1, 0.15) is 0 Å². The second-order valence-corrected chi connectivity index (χ2v) is 4.82. The highest BCUT2D eigenvalue weighted by Crippen LogP contribution is 2.30. The van der Waals surface area contributed by atoms with Crippen molar-refractivity contribution in [2.45, 2.75) is 19.4 Å². The van der Waals surface area contributed by atoms with Crippen molar-refractivity contribution in [3.05, 3.63) is 35.4 Å². The van der Waals surface area contributed by atoms with E-state index in [2.05, 4.69) is 6.07 Å². The molecule has 1 aliphatic rings.